The zero-order chi connectivity index (χ0) is 23.6. The van der Waals surface area contributed by atoms with Crippen LogP contribution in [0.15, 0.2) is 36.4 Å². The van der Waals surface area contributed by atoms with Crippen molar-refractivity contribution in [3.8, 4) is 0 Å². The van der Waals surface area contributed by atoms with Crippen LogP contribution in [-0.2, 0) is 26.4 Å². The Labute approximate surface area is 194 Å². The van der Waals surface area contributed by atoms with E-state index in [9.17, 15) is 9.59 Å². The van der Waals surface area contributed by atoms with Gasteiger partial charge in [0.05, 0.1) is 11.2 Å². The van der Waals surface area contributed by atoms with Gasteiger partial charge in [-0.05, 0) is 65.4 Å². The maximum atomic E-state index is 12.4. The van der Waals surface area contributed by atoms with Crippen LogP contribution in [0, 0.1) is 0 Å². The van der Waals surface area contributed by atoms with E-state index in [0.717, 1.165) is 36.9 Å². The minimum atomic E-state index is -0.579. The van der Waals surface area contributed by atoms with Crippen LogP contribution in [0.1, 0.15) is 77.0 Å². The second-order valence-corrected chi connectivity index (χ2v) is 10.3. The Morgan fingerprint density at radius 3 is 2.58 bits per heavy atom. The average Bonchev–Trinajstić information content (AvgIpc) is 3.14. The number of rotatable bonds is 6. The topological polar surface area (TPSA) is 91.7 Å². The van der Waals surface area contributed by atoms with E-state index in [4.69, 9.17) is 19.3 Å². The summed E-state index contributed by atoms with van der Waals surface area (Å²) in [7, 11) is 0. The maximum absolute atomic E-state index is 12.4. The minimum Gasteiger partial charge on any atom is -0.444 e. The third-order valence-corrected chi connectivity index (χ3v) is 6.16. The van der Waals surface area contributed by atoms with E-state index in [0.29, 0.717) is 12.2 Å². The molecule has 2 atom stereocenters. The van der Waals surface area contributed by atoms with Crippen LogP contribution in [0.4, 0.5) is 15.4 Å². The van der Waals surface area contributed by atoms with Crippen molar-refractivity contribution in [2.24, 2.45) is 0 Å². The smallest absolute Gasteiger partial charge is 0.444 e. The van der Waals surface area contributed by atoms with Crippen LogP contribution < -0.4 is 5.32 Å². The van der Waals surface area contributed by atoms with Crippen molar-refractivity contribution in [3.63, 3.8) is 0 Å². The SMILES string of the molecule is CC1(OC(=O)O[C@@H]2CC[C@H](c3cc(NC(=O)OCc4ccccc4)n(C(C)(C)C)n3)C2)CC1. The molecule has 1 aromatic carbocycles. The summed E-state index contributed by atoms with van der Waals surface area (Å²) in [5.74, 6) is 0.727. The van der Waals surface area contributed by atoms with E-state index in [1.54, 1.807) is 0 Å². The first-order valence-electron chi connectivity index (χ1n) is 11.6. The summed E-state index contributed by atoms with van der Waals surface area (Å²) >= 11 is 0. The van der Waals surface area contributed by atoms with Crippen molar-refractivity contribution in [2.75, 3.05) is 5.32 Å². The number of carbonyl (C=O) groups excluding carboxylic acids is 2. The molecule has 4 rings (SSSR count). The fourth-order valence-electron chi connectivity index (χ4n) is 4.02. The van der Waals surface area contributed by atoms with E-state index < -0.39 is 12.2 Å². The molecule has 8 nitrogen and oxygen atoms in total. The number of ether oxygens (including phenoxy) is 3. The third-order valence-electron chi connectivity index (χ3n) is 6.16. The summed E-state index contributed by atoms with van der Waals surface area (Å²) < 4.78 is 18.1. The molecule has 0 spiro atoms. The molecule has 2 saturated carbocycles. The Kier molecular flexibility index (Phi) is 6.36. The number of aromatic nitrogens is 2. The first kappa shape index (κ1) is 23.1. The molecule has 1 aromatic heterocycles. The van der Waals surface area contributed by atoms with E-state index >= 15 is 0 Å². The molecule has 33 heavy (non-hydrogen) atoms. The Morgan fingerprint density at radius 1 is 1.18 bits per heavy atom. The van der Waals surface area contributed by atoms with Crippen LogP contribution in [-0.4, -0.2) is 33.7 Å². The highest BCUT2D eigenvalue weighted by Gasteiger charge is 2.43. The fourth-order valence-corrected chi connectivity index (χ4v) is 4.02. The van der Waals surface area contributed by atoms with Gasteiger partial charge in [0.25, 0.3) is 0 Å². The highest BCUT2D eigenvalue weighted by molar-refractivity contribution is 5.83. The van der Waals surface area contributed by atoms with E-state index in [-0.39, 0.29) is 29.8 Å². The van der Waals surface area contributed by atoms with Crippen LogP contribution in [0.3, 0.4) is 0 Å². The number of carbonyl (C=O) groups is 2. The summed E-state index contributed by atoms with van der Waals surface area (Å²) in [6, 6.07) is 11.4. The van der Waals surface area contributed by atoms with Gasteiger partial charge in [-0.1, -0.05) is 30.3 Å². The Hall–Kier alpha value is -3.03. The second kappa shape index (κ2) is 9.08. The van der Waals surface area contributed by atoms with Gasteiger partial charge in [0.2, 0.25) is 0 Å². The van der Waals surface area contributed by atoms with Crippen molar-refractivity contribution >= 4 is 18.1 Å². The average molecular weight is 456 g/mol. The highest BCUT2D eigenvalue weighted by atomic mass is 16.7. The minimum absolute atomic E-state index is 0.142. The number of hydrogen-bond acceptors (Lipinski definition) is 6. The second-order valence-electron chi connectivity index (χ2n) is 10.3. The lowest BCUT2D eigenvalue weighted by atomic mass is 10.0. The van der Waals surface area contributed by atoms with Gasteiger partial charge >= 0.3 is 12.2 Å². The van der Waals surface area contributed by atoms with Crippen LogP contribution in [0.2, 0.25) is 0 Å². The summed E-state index contributed by atoms with van der Waals surface area (Å²) in [6.45, 7) is 8.20. The van der Waals surface area contributed by atoms with Crippen molar-refractivity contribution in [3.05, 3.63) is 47.7 Å². The third kappa shape index (κ3) is 6.06. The molecule has 0 unspecified atom stereocenters. The standard InChI is InChI=1S/C25H33N3O5/c1-24(2,3)28-21(26-22(29)31-16-17-8-6-5-7-9-17)15-20(27-28)18-10-11-19(14-18)32-23(30)33-25(4)12-13-25/h5-9,15,18-19H,10-14,16H2,1-4H3,(H,26,29)/t18-,19+/m0/s1. The monoisotopic (exact) mass is 455 g/mol. The van der Waals surface area contributed by atoms with E-state index in [1.165, 1.54) is 0 Å². The first-order valence-corrected chi connectivity index (χ1v) is 11.6. The van der Waals surface area contributed by atoms with Crippen LogP contribution in [0.25, 0.3) is 0 Å². The molecular formula is C25H33N3O5. The molecule has 0 saturated heterocycles. The van der Waals surface area contributed by atoms with Gasteiger partial charge in [0, 0.05) is 12.0 Å². The molecule has 0 aliphatic heterocycles. The Bertz CT molecular complexity index is 991. The van der Waals surface area contributed by atoms with Crippen molar-refractivity contribution < 1.29 is 23.8 Å². The highest BCUT2D eigenvalue weighted by Crippen LogP contribution is 2.41. The predicted octanol–water partition coefficient (Wildman–Crippen LogP) is 5.73. The molecule has 1 amide bonds. The van der Waals surface area contributed by atoms with E-state index in [1.807, 2.05) is 68.8 Å². The number of nitrogens with one attached hydrogen (secondary N) is 1. The molecular weight excluding hydrogens is 422 g/mol. The maximum Gasteiger partial charge on any atom is 0.509 e. The summed E-state index contributed by atoms with van der Waals surface area (Å²) in [5.41, 5.74) is 1.12. The number of benzene rings is 1. The zero-order valence-corrected chi connectivity index (χ0v) is 19.8. The number of amides is 1. The fraction of sp³-hybridized carbons (Fsp3) is 0.560. The lowest BCUT2D eigenvalue weighted by Crippen LogP contribution is -2.27. The molecule has 8 heteroatoms. The molecule has 178 valence electrons. The predicted molar refractivity (Wildman–Crippen MR) is 123 cm³/mol. The molecule has 0 radical (unpaired) electrons. The molecule has 2 fully saturated rings. The van der Waals surface area contributed by atoms with Crippen molar-refractivity contribution in [2.45, 2.75) is 89.6 Å². The van der Waals surface area contributed by atoms with Crippen LogP contribution >= 0.6 is 0 Å². The number of hydrogen-bond donors (Lipinski definition) is 1. The van der Waals surface area contributed by atoms with E-state index in [2.05, 4.69) is 5.32 Å². The summed E-state index contributed by atoms with van der Waals surface area (Å²) in [4.78, 5) is 24.5. The molecule has 0 bridgehead atoms. The van der Waals surface area contributed by atoms with Gasteiger partial charge in [-0.15, -0.1) is 0 Å². The lowest BCUT2D eigenvalue weighted by molar-refractivity contribution is -0.00343. The quantitative estimate of drug-likeness (QED) is 0.560. The number of nitrogens with zero attached hydrogens (tertiary/aromatic N) is 2. The van der Waals surface area contributed by atoms with Gasteiger partial charge in [0.1, 0.15) is 24.1 Å². The van der Waals surface area contributed by atoms with Gasteiger partial charge in [-0.25, -0.2) is 14.3 Å². The molecule has 1 N–H and O–H groups in total. The Balaban J connectivity index is 1.37. The Morgan fingerprint density at radius 2 is 1.91 bits per heavy atom. The molecule has 1 heterocycles. The van der Waals surface area contributed by atoms with Gasteiger partial charge in [-0.3, -0.25) is 5.32 Å². The molecule has 2 aliphatic carbocycles. The number of anilines is 1. The summed E-state index contributed by atoms with van der Waals surface area (Å²) in [6.07, 6.45) is 2.80. The normalized spacial score (nSPS) is 21.3. The van der Waals surface area contributed by atoms with Gasteiger partial charge in [-0.2, -0.15) is 5.10 Å². The largest absolute Gasteiger partial charge is 0.509 e. The lowest BCUT2D eigenvalue weighted by Gasteiger charge is -2.22. The molecule has 2 aliphatic rings. The van der Waals surface area contributed by atoms with Gasteiger partial charge < -0.3 is 14.2 Å². The van der Waals surface area contributed by atoms with Gasteiger partial charge in [0.15, 0.2) is 0 Å². The van der Waals surface area contributed by atoms with Crippen molar-refractivity contribution in [1.82, 2.24) is 9.78 Å². The van der Waals surface area contributed by atoms with Crippen LogP contribution in [0.5, 0.6) is 0 Å². The zero-order valence-electron chi connectivity index (χ0n) is 19.8. The first-order chi connectivity index (χ1) is 15.6. The van der Waals surface area contributed by atoms with Crippen molar-refractivity contribution in [1.29, 1.82) is 0 Å². The molecule has 2 aromatic rings. The summed E-state index contributed by atoms with van der Waals surface area (Å²) in [5, 5.41) is 7.63.